The summed E-state index contributed by atoms with van der Waals surface area (Å²) in [7, 11) is 1.82. The van der Waals surface area contributed by atoms with E-state index in [1.807, 2.05) is 31.3 Å². The number of aryl methyl sites for hydroxylation is 2. The molecular weight excluding hydrogens is 387 g/mol. The van der Waals surface area contributed by atoms with E-state index in [2.05, 4.69) is 20.1 Å². The van der Waals surface area contributed by atoms with Gasteiger partial charge in [-0.05, 0) is 30.7 Å². The zero-order valence-electron chi connectivity index (χ0n) is 16.0. The molecule has 0 unspecified atom stereocenters. The van der Waals surface area contributed by atoms with Crippen LogP contribution in [-0.4, -0.2) is 19.5 Å². The van der Waals surface area contributed by atoms with Gasteiger partial charge in [-0.1, -0.05) is 24.8 Å². The average Bonchev–Trinajstić information content (AvgIpc) is 3.02. The molecule has 30 heavy (non-hydrogen) atoms. The van der Waals surface area contributed by atoms with Gasteiger partial charge in [0.1, 0.15) is 5.52 Å². The number of para-hydroxylation sites is 1. The molecule has 0 atom stereocenters. The van der Waals surface area contributed by atoms with Gasteiger partial charge < -0.3 is 10.2 Å². The predicted molar refractivity (Wildman–Crippen MR) is 111 cm³/mol. The Morgan fingerprint density at radius 2 is 2.03 bits per heavy atom. The molecule has 0 aliphatic rings. The van der Waals surface area contributed by atoms with Crippen LogP contribution >= 0.6 is 0 Å². The molecule has 9 heteroatoms. The Morgan fingerprint density at radius 1 is 1.27 bits per heavy atom. The highest BCUT2D eigenvalue weighted by atomic mass is 19.1. The third-order valence-corrected chi connectivity index (χ3v) is 4.83. The number of hydrogen-bond acceptors (Lipinski definition) is 5. The van der Waals surface area contributed by atoms with Crippen molar-refractivity contribution in [3.8, 4) is 11.3 Å². The fourth-order valence-electron chi connectivity index (χ4n) is 3.38. The Kier molecular flexibility index (Phi) is 4.60. The molecule has 2 heterocycles. The number of nitro benzene ring substituents is 1. The molecular formula is C21H15FN6O2. The highest BCUT2D eigenvalue weighted by Crippen LogP contribution is 2.39. The van der Waals surface area contributed by atoms with Gasteiger partial charge in [0.2, 0.25) is 17.6 Å². The highest BCUT2D eigenvalue weighted by Gasteiger charge is 2.20. The summed E-state index contributed by atoms with van der Waals surface area (Å²) in [5.74, 6) is -0.287. The van der Waals surface area contributed by atoms with Crippen molar-refractivity contribution in [3.63, 3.8) is 0 Å². The lowest BCUT2D eigenvalue weighted by molar-refractivity contribution is -0.387. The zero-order valence-corrected chi connectivity index (χ0v) is 16.0. The van der Waals surface area contributed by atoms with Crippen molar-refractivity contribution in [1.82, 2.24) is 14.5 Å². The number of halogens is 1. The molecule has 0 bridgehead atoms. The monoisotopic (exact) mass is 402 g/mol. The molecule has 0 spiro atoms. The summed E-state index contributed by atoms with van der Waals surface area (Å²) < 4.78 is 15.6. The number of anilines is 2. The van der Waals surface area contributed by atoms with Crippen LogP contribution in [0, 0.1) is 29.4 Å². The standard InChI is InChI=1S/C21H15FN6O2/c1-12-10-14(22)18(28(29)30)11-16(12)26-21-24-9-8-15(25-21)19-13-6-4-5-7-17(13)27(3)20(19)23-2/h4-11H,1,3H3,(H,24,25,26). The van der Waals surface area contributed by atoms with Crippen LogP contribution in [0.4, 0.5) is 27.5 Å². The summed E-state index contributed by atoms with van der Waals surface area (Å²) in [5.41, 5.74) is 2.27. The van der Waals surface area contributed by atoms with E-state index < -0.39 is 16.4 Å². The Labute approximate surface area is 170 Å². The van der Waals surface area contributed by atoms with Crippen molar-refractivity contribution in [1.29, 1.82) is 0 Å². The van der Waals surface area contributed by atoms with Crippen LogP contribution in [0.3, 0.4) is 0 Å². The van der Waals surface area contributed by atoms with Crippen molar-refractivity contribution in [3.05, 3.63) is 81.6 Å². The van der Waals surface area contributed by atoms with Crippen molar-refractivity contribution in [2.75, 3.05) is 5.32 Å². The van der Waals surface area contributed by atoms with Crippen LogP contribution < -0.4 is 5.32 Å². The number of rotatable bonds is 4. The maximum absolute atomic E-state index is 13.8. The molecule has 1 N–H and O–H groups in total. The molecule has 0 aliphatic carbocycles. The van der Waals surface area contributed by atoms with Gasteiger partial charge in [0.15, 0.2) is 0 Å². The minimum Gasteiger partial charge on any atom is -0.363 e. The Hall–Kier alpha value is -4.32. The Bertz CT molecular complexity index is 1360. The van der Waals surface area contributed by atoms with E-state index in [0.29, 0.717) is 28.3 Å². The number of nitro groups is 1. The first-order valence-electron chi connectivity index (χ1n) is 8.90. The summed E-state index contributed by atoms with van der Waals surface area (Å²) in [6.07, 6.45) is 1.54. The molecule has 8 nitrogen and oxygen atoms in total. The van der Waals surface area contributed by atoms with Crippen LogP contribution in [0.2, 0.25) is 0 Å². The van der Waals surface area contributed by atoms with Gasteiger partial charge >= 0.3 is 5.69 Å². The fraction of sp³-hybridized carbons (Fsp3) is 0.0952. The van der Waals surface area contributed by atoms with Crippen LogP contribution in [-0.2, 0) is 7.05 Å². The fourth-order valence-corrected chi connectivity index (χ4v) is 3.38. The third-order valence-electron chi connectivity index (χ3n) is 4.83. The molecule has 0 aliphatic heterocycles. The van der Waals surface area contributed by atoms with Gasteiger partial charge in [0.05, 0.1) is 23.4 Å². The molecule has 0 fully saturated rings. The first-order chi connectivity index (χ1) is 14.4. The van der Waals surface area contributed by atoms with E-state index in [0.717, 1.165) is 23.0 Å². The topological polar surface area (TPSA) is 90.2 Å². The quantitative estimate of drug-likeness (QED) is 0.285. The van der Waals surface area contributed by atoms with Crippen molar-refractivity contribution < 1.29 is 9.31 Å². The van der Waals surface area contributed by atoms with Crippen molar-refractivity contribution in [2.24, 2.45) is 7.05 Å². The summed E-state index contributed by atoms with van der Waals surface area (Å²) in [6, 6.07) is 11.5. The van der Waals surface area contributed by atoms with E-state index >= 15 is 0 Å². The van der Waals surface area contributed by atoms with Crippen LogP contribution in [0.25, 0.3) is 27.0 Å². The van der Waals surface area contributed by atoms with E-state index in [9.17, 15) is 14.5 Å². The molecule has 148 valence electrons. The molecule has 4 aromatic rings. The first kappa shape index (κ1) is 19.0. The summed E-state index contributed by atoms with van der Waals surface area (Å²) >= 11 is 0. The second-order valence-electron chi connectivity index (χ2n) is 6.65. The second kappa shape index (κ2) is 7.25. The highest BCUT2D eigenvalue weighted by molar-refractivity contribution is 6.02. The van der Waals surface area contributed by atoms with Crippen LogP contribution in [0.15, 0.2) is 48.7 Å². The minimum atomic E-state index is -0.907. The summed E-state index contributed by atoms with van der Waals surface area (Å²) in [6.45, 7) is 9.22. The number of hydrogen-bond donors (Lipinski definition) is 1. The minimum absolute atomic E-state index is 0.181. The van der Waals surface area contributed by atoms with E-state index in [1.54, 1.807) is 17.6 Å². The Morgan fingerprint density at radius 3 is 2.77 bits per heavy atom. The first-order valence-corrected chi connectivity index (χ1v) is 8.90. The molecule has 0 saturated heterocycles. The lowest BCUT2D eigenvalue weighted by atomic mass is 10.1. The van der Waals surface area contributed by atoms with Gasteiger partial charge in [0.25, 0.3) is 0 Å². The summed E-state index contributed by atoms with van der Waals surface area (Å²) in [4.78, 5) is 22.6. The number of aromatic nitrogens is 3. The Balaban J connectivity index is 1.81. The van der Waals surface area contributed by atoms with E-state index in [4.69, 9.17) is 6.57 Å². The molecule has 0 amide bonds. The second-order valence-corrected chi connectivity index (χ2v) is 6.65. The third kappa shape index (κ3) is 3.10. The zero-order chi connectivity index (χ0) is 21.4. The lowest BCUT2D eigenvalue weighted by Crippen LogP contribution is -2.02. The van der Waals surface area contributed by atoms with Gasteiger partial charge in [-0.15, -0.1) is 0 Å². The van der Waals surface area contributed by atoms with Crippen LogP contribution in [0.5, 0.6) is 0 Å². The van der Waals surface area contributed by atoms with Crippen molar-refractivity contribution in [2.45, 2.75) is 6.92 Å². The predicted octanol–water partition coefficient (Wildman–Crippen LogP) is 5.29. The van der Waals surface area contributed by atoms with Gasteiger partial charge in [-0.3, -0.25) is 14.7 Å². The van der Waals surface area contributed by atoms with E-state index in [1.165, 1.54) is 6.20 Å². The number of nitrogens with zero attached hydrogens (tertiary/aromatic N) is 5. The average molecular weight is 402 g/mol. The molecule has 2 aromatic carbocycles. The van der Waals surface area contributed by atoms with Crippen LogP contribution in [0.1, 0.15) is 5.56 Å². The van der Waals surface area contributed by atoms with Gasteiger partial charge in [-0.25, -0.2) is 9.97 Å². The largest absolute Gasteiger partial charge is 0.363 e. The molecule has 2 aromatic heterocycles. The number of fused-ring (bicyclic) bond motifs is 1. The lowest BCUT2D eigenvalue weighted by Gasteiger charge is -2.10. The number of benzene rings is 2. The normalized spacial score (nSPS) is 10.7. The van der Waals surface area contributed by atoms with E-state index in [-0.39, 0.29) is 5.95 Å². The van der Waals surface area contributed by atoms with Gasteiger partial charge in [0, 0.05) is 23.2 Å². The summed E-state index contributed by atoms with van der Waals surface area (Å²) in [5, 5.41) is 14.8. The maximum atomic E-state index is 13.8. The maximum Gasteiger partial charge on any atom is 0.306 e. The van der Waals surface area contributed by atoms with Crippen molar-refractivity contribution >= 4 is 34.0 Å². The molecule has 0 saturated carbocycles. The smallest absolute Gasteiger partial charge is 0.306 e. The van der Waals surface area contributed by atoms with Gasteiger partial charge in [-0.2, -0.15) is 4.39 Å². The SMILES string of the molecule is [C-]#[N+]c1c(-c2ccnc(Nc3cc([N+](=O)[O-])c(F)cc3C)n2)c2ccccc2n1C. The molecule has 4 rings (SSSR count). The number of nitrogens with one attached hydrogen (secondary N) is 1. The molecule has 0 radical (unpaired) electrons.